The molecule has 1 aliphatic heterocycles. The summed E-state index contributed by atoms with van der Waals surface area (Å²) in [6.07, 6.45) is -1.81. The smallest absolute Gasteiger partial charge is 0.261 e. The van der Waals surface area contributed by atoms with E-state index in [1.165, 1.54) is 0 Å². The third-order valence-corrected chi connectivity index (χ3v) is 4.25. The zero-order valence-corrected chi connectivity index (χ0v) is 13.3. The number of nitrogens with zero attached hydrogens (tertiary/aromatic N) is 1. The number of benzene rings is 2. The van der Waals surface area contributed by atoms with E-state index < -0.39 is 29.6 Å². The molecule has 2 N–H and O–H groups in total. The standard InChI is InChI=1S/C18H19NO4/c1-18(2,3)14(17(22)23)19-15(20)11-8-4-6-10-7-5-9-12(13(10)11)16(19)21/h4-9,14,17,22-23H,1-3H3/t14-/m0/s1. The molecular formula is C18H19NO4. The predicted octanol–water partition coefficient (Wildman–Crippen LogP) is 2.16. The van der Waals surface area contributed by atoms with Crippen LogP contribution in [0.5, 0.6) is 0 Å². The second-order valence-electron chi connectivity index (χ2n) is 6.91. The maximum Gasteiger partial charge on any atom is 0.261 e. The lowest BCUT2D eigenvalue weighted by Gasteiger charge is -2.41. The van der Waals surface area contributed by atoms with Gasteiger partial charge in [0.2, 0.25) is 0 Å². The highest BCUT2D eigenvalue weighted by Gasteiger charge is 2.45. The van der Waals surface area contributed by atoms with Crippen molar-refractivity contribution in [1.82, 2.24) is 4.90 Å². The second-order valence-corrected chi connectivity index (χ2v) is 6.91. The maximum atomic E-state index is 12.9. The van der Waals surface area contributed by atoms with Gasteiger partial charge in [0.05, 0.1) is 6.04 Å². The van der Waals surface area contributed by atoms with Crippen molar-refractivity contribution in [3.05, 3.63) is 47.5 Å². The Morgan fingerprint density at radius 3 is 1.78 bits per heavy atom. The van der Waals surface area contributed by atoms with Crippen LogP contribution in [0.15, 0.2) is 36.4 Å². The van der Waals surface area contributed by atoms with Crippen molar-refractivity contribution in [3.63, 3.8) is 0 Å². The van der Waals surface area contributed by atoms with Crippen LogP contribution < -0.4 is 0 Å². The zero-order chi connectivity index (χ0) is 16.9. The van der Waals surface area contributed by atoms with Gasteiger partial charge in [-0.3, -0.25) is 14.5 Å². The maximum absolute atomic E-state index is 12.9. The fraction of sp³-hybridized carbons (Fsp3) is 0.333. The lowest BCUT2D eigenvalue weighted by Crippen LogP contribution is -2.57. The molecule has 0 saturated heterocycles. The van der Waals surface area contributed by atoms with Crippen molar-refractivity contribution >= 4 is 22.6 Å². The number of hydrogen-bond acceptors (Lipinski definition) is 4. The van der Waals surface area contributed by atoms with Crippen LogP contribution in [0.4, 0.5) is 0 Å². The minimum atomic E-state index is -1.81. The van der Waals surface area contributed by atoms with Crippen molar-refractivity contribution in [2.75, 3.05) is 0 Å². The minimum absolute atomic E-state index is 0.410. The molecule has 1 heterocycles. The van der Waals surface area contributed by atoms with Crippen LogP contribution in [0.3, 0.4) is 0 Å². The Labute approximate surface area is 134 Å². The lowest BCUT2D eigenvalue weighted by molar-refractivity contribution is -0.115. The molecule has 2 amide bonds. The summed E-state index contributed by atoms with van der Waals surface area (Å²) in [5.41, 5.74) is 0.139. The van der Waals surface area contributed by atoms with Crippen LogP contribution in [-0.2, 0) is 0 Å². The third kappa shape index (κ3) is 2.33. The van der Waals surface area contributed by atoms with Gasteiger partial charge >= 0.3 is 0 Å². The van der Waals surface area contributed by atoms with Gasteiger partial charge in [0, 0.05) is 16.5 Å². The highest BCUT2D eigenvalue weighted by atomic mass is 16.5. The molecule has 2 aromatic carbocycles. The number of aliphatic hydroxyl groups is 2. The molecule has 2 aromatic rings. The van der Waals surface area contributed by atoms with Crippen LogP contribution >= 0.6 is 0 Å². The fourth-order valence-electron chi connectivity index (χ4n) is 3.27. The Kier molecular flexibility index (Phi) is 3.50. The molecule has 0 spiro atoms. The Balaban J connectivity index is 2.25. The van der Waals surface area contributed by atoms with Gasteiger partial charge < -0.3 is 10.2 Å². The molecule has 3 rings (SSSR count). The van der Waals surface area contributed by atoms with Gasteiger partial charge in [-0.05, 0) is 22.9 Å². The minimum Gasteiger partial charge on any atom is -0.366 e. The predicted molar refractivity (Wildman–Crippen MR) is 85.9 cm³/mol. The molecule has 0 saturated carbocycles. The molecule has 23 heavy (non-hydrogen) atoms. The first-order valence-corrected chi connectivity index (χ1v) is 7.49. The van der Waals surface area contributed by atoms with E-state index in [1.54, 1.807) is 45.0 Å². The molecule has 0 unspecified atom stereocenters. The molecule has 1 aliphatic rings. The molecule has 0 aliphatic carbocycles. The highest BCUT2D eigenvalue weighted by Crippen LogP contribution is 2.35. The number of imide groups is 1. The summed E-state index contributed by atoms with van der Waals surface area (Å²) < 4.78 is 0. The van der Waals surface area contributed by atoms with Gasteiger partial charge in [-0.15, -0.1) is 0 Å². The molecule has 5 heteroatoms. The summed E-state index contributed by atoms with van der Waals surface area (Å²) >= 11 is 0. The third-order valence-electron chi connectivity index (χ3n) is 4.25. The average molecular weight is 313 g/mol. The number of amides is 2. The van der Waals surface area contributed by atoms with E-state index >= 15 is 0 Å². The van der Waals surface area contributed by atoms with Gasteiger partial charge in [0.25, 0.3) is 11.8 Å². The van der Waals surface area contributed by atoms with E-state index in [1.807, 2.05) is 12.1 Å². The number of hydrogen-bond donors (Lipinski definition) is 2. The lowest BCUT2D eigenvalue weighted by atomic mass is 9.83. The molecule has 0 bridgehead atoms. The van der Waals surface area contributed by atoms with Crippen LogP contribution in [0.25, 0.3) is 10.8 Å². The van der Waals surface area contributed by atoms with E-state index in [0.717, 1.165) is 10.3 Å². The van der Waals surface area contributed by atoms with Gasteiger partial charge in [0.1, 0.15) is 0 Å². The summed E-state index contributed by atoms with van der Waals surface area (Å²) in [4.78, 5) is 26.8. The van der Waals surface area contributed by atoms with Crippen molar-refractivity contribution in [2.45, 2.75) is 33.1 Å². The average Bonchev–Trinajstić information content (AvgIpc) is 2.47. The largest absolute Gasteiger partial charge is 0.366 e. The van der Waals surface area contributed by atoms with E-state index in [0.29, 0.717) is 16.5 Å². The summed E-state index contributed by atoms with van der Waals surface area (Å²) in [5.74, 6) is -0.986. The van der Waals surface area contributed by atoms with E-state index in [4.69, 9.17) is 0 Å². The molecule has 120 valence electrons. The van der Waals surface area contributed by atoms with E-state index in [2.05, 4.69) is 0 Å². The normalized spacial score (nSPS) is 16.3. The number of carbonyl (C=O) groups excluding carboxylic acids is 2. The zero-order valence-electron chi connectivity index (χ0n) is 13.3. The van der Waals surface area contributed by atoms with Crippen LogP contribution in [0, 0.1) is 5.41 Å². The van der Waals surface area contributed by atoms with Crippen molar-refractivity contribution < 1.29 is 19.8 Å². The van der Waals surface area contributed by atoms with Gasteiger partial charge in [0.15, 0.2) is 6.29 Å². The molecule has 1 atom stereocenters. The van der Waals surface area contributed by atoms with E-state index in [-0.39, 0.29) is 0 Å². The summed E-state index contributed by atoms with van der Waals surface area (Å²) in [6, 6.07) is 9.50. The first-order chi connectivity index (χ1) is 10.7. The molecule has 0 aromatic heterocycles. The Bertz CT molecular complexity index is 754. The van der Waals surface area contributed by atoms with Crippen LogP contribution in [0.2, 0.25) is 0 Å². The quantitative estimate of drug-likeness (QED) is 0.658. The summed E-state index contributed by atoms with van der Waals surface area (Å²) in [6.45, 7) is 5.29. The molecular weight excluding hydrogens is 294 g/mol. The first kappa shape index (κ1) is 15.6. The Morgan fingerprint density at radius 2 is 1.39 bits per heavy atom. The van der Waals surface area contributed by atoms with Gasteiger partial charge in [-0.2, -0.15) is 0 Å². The Hall–Kier alpha value is -2.24. The number of aliphatic hydroxyl groups excluding tert-OH is 1. The van der Waals surface area contributed by atoms with Gasteiger partial charge in [-0.1, -0.05) is 45.0 Å². The van der Waals surface area contributed by atoms with E-state index in [9.17, 15) is 19.8 Å². The fourth-order valence-corrected chi connectivity index (χ4v) is 3.27. The van der Waals surface area contributed by atoms with Gasteiger partial charge in [-0.25, -0.2) is 0 Å². The molecule has 0 radical (unpaired) electrons. The Morgan fingerprint density at radius 1 is 0.913 bits per heavy atom. The number of carbonyl (C=O) groups is 2. The molecule has 5 nitrogen and oxygen atoms in total. The first-order valence-electron chi connectivity index (χ1n) is 7.49. The molecule has 0 fully saturated rings. The van der Waals surface area contributed by atoms with Crippen molar-refractivity contribution in [3.8, 4) is 0 Å². The second kappa shape index (κ2) is 5.15. The SMILES string of the molecule is CC(C)(C)[C@H](C(O)O)N1C(=O)c2cccc3cccc(c23)C1=O. The van der Waals surface area contributed by atoms with Crippen molar-refractivity contribution in [2.24, 2.45) is 5.41 Å². The monoisotopic (exact) mass is 313 g/mol. The van der Waals surface area contributed by atoms with Crippen molar-refractivity contribution in [1.29, 1.82) is 0 Å². The highest BCUT2D eigenvalue weighted by molar-refractivity contribution is 6.25. The summed E-state index contributed by atoms with van der Waals surface area (Å²) in [7, 11) is 0. The number of rotatable bonds is 2. The summed E-state index contributed by atoms with van der Waals surface area (Å²) in [5, 5.41) is 21.0. The van der Waals surface area contributed by atoms with Crippen LogP contribution in [0.1, 0.15) is 41.5 Å². The van der Waals surface area contributed by atoms with Crippen LogP contribution in [-0.4, -0.2) is 39.3 Å². The topological polar surface area (TPSA) is 77.8 Å².